The van der Waals surface area contributed by atoms with Crippen LogP contribution in [0.1, 0.15) is 19.3 Å². The zero-order valence-electron chi connectivity index (χ0n) is 12.0. The molecule has 2 N–H and O–H groups in total. The predicted octanol–water partition coefficient (Wildman–Crippen LogP) is 2.14. The van der Waals surface area contributed by atoms with E-state index in [0.717, 1.165) is 42.7 Å². The van der Waals surface area contributed by atoms with Gasteiger partial charge in [-0.25, -0.2) is 0 Å². The van der Waals surface area contributed by atoms with Crippen LogP contribution >= 0.6 is 0 Å². The summed E-state index contributed by atoms with van der Waals surface area (Å²) in [6.45, 7) is 2.07. The highest BCUT2D eigenvalue weighted by atomic mass is 16.2. The fourth-order valence-corrected chi connectivity index (χ4v) is 2.66. The van der Waals surface area contributed by atoms with Gasteiger partial charge in [-0.1, -0.05) is 12.1 Å². The summed E-state index contributed by atoms with van der Waals surface area (Å²) in [5.41, 5.74) is 8.49. The molecule has 1 aromatic carbocycles. The summed E-state index contributed by atoms with van der Waals surface area (Å²) in [7, 11) is 0. The standard InChI is InChI=1S/C16H20N4O/c17-15-6-4-13(5-7-15)14-10-18-20(11-14)12-16(21)19-8-2-1-3-9-19/h4-7,10-11H,1-3,8-9,12,17H2. The zero-order chi connectivity index (χ0) is 14.7. The monoisotopic (exact) mass is 284 g/mol. The van der Waals surface area contributed by atoms with E-state index in [2.05, 4.69) is 5.10 Å². The van der Waals surface area contributed by atoms with Gasteiger partial charge in [-0.15, -0.1) is 0 Å². The van der Waals surface area contributed by atoms with E-state index in [1.807, 2.05) is 35.4 Å². The molecule has 0 atom stereocenters. The molecule has 110 valence electrons. The third-order valence-corrected chi connectivity index (χ3v) is 3.88. The molecule has 21 heavy (non-hydrogen) atoms. The van der Waals surface area contributed by atoms with E-state index < -0.39 is 0 Å². The number of piperidine rings is 1. The van der Waals surface area contributed by atoms with Crippen molar-refractivity contribution in [3.63, 3.8) is 0 Å². The fourth-order valence-electron chi connectivity index (χ4n) is 2.66. The normalized spacial score (nSPS) is 15.1. The van der Waals surface area contributed by atoms with E-state index in [0.29, 0.717) is 6.54 Å². The summed E-state index contributed by atoms with van der Waals surface area (Å²) in [6, 6.07) is 7.66. The maximum Gasteiger partial charge on any atom is 0.244 e. The third kappa shape index (κ3) is 3.24. The number of rotatable bonds is 3. The van der Waals surface area contributed by atoms with Gasteiger partial charge in [-0.05, 0) is 37.0 Å². The minimum absolute atomic E-state index is 0.154. The fraction of sp³-hybridized carbons (Fsp3) is 0.375. The molecule has 1 aliphatic rings. The molecule has 0 saturated carbocycles. The van der Waals surface area contributed by atoms with E-state index in [1.54, 1.807) is 10.9 Å². The molecule has 0 aliphatic carbocycles. The van der Waals surface area contributed by atoms with E-state index >= 15 is 0 Å². The van der Waals surface area contributed by atoms with Crippen molar-refractivity contribution in [2.75, 3.05) is 18.8 Å². The zero-order valence-corrected chi connectivity index (χ0v) is 12.0. The highest BCUT2D eigenvalue weighted by Gasteiger charge is 2.17. The first-order valence-electron chi connectivity index (χ1n) is 7.38. The van der Waals surface area contributed by atoms with E-state index in [-0.39, 0.29) is 5.91 Å². The van der Waals surface area contributed by atoms with Crippen LogP contribution in [0.4, 0.5) is 5.69 Å². The molecular weight excluding hydrogens is 264 g/mol. The van der Waals surface area contributed by atoms with Crippen molar-refractivity contribution in [3.8, 4) is 11.1 Å². The molecule has 1 saturated heterocycles. The van der Waals surface area contributed by atoms with Crippen molar-refractivity contribution >= 4 is 11.6 Å². The summed E-state index contributed by atoms with van der Waals surface area (Å²) in [6.07, 6.45) is 7.15. The van der Waals surface area contributed by atoms with Crippen LogP contribution in [-0.4, -0.2) is 33.7 Å². The van der Waals surface area contributed by atoms with Gasteiger partial charge in [-0.3, -0.25) is 9.48 Å². The van der Waals surface area contributed by atoms with Gasteiger partial charge >= 0.3 is 0 Å². The molecule has 2 heterocycles. The van der Waals surface area contributed by atoms with Crippen LogP contribution in [0.2, 0.25) is 0 Å². The van der Waals surface area contributed by atoms with Crippen LogP contribution in [0.25, 0.3) is 11.1 Å². The first kappa shape index (κ1) is 13.7. The van der Waals surface area contributed by atoms with Gasteiger partial charge in [0.1, 0.15) is 6.54 Å². The third-order valence-electron chi connectivity index (χ3n) is 3.88. The number of aromatic nitrogens is 2. The maximum atomic E-state index is 12.2. The van der Waals surface area contributed by atoms with Crippen LogP contribution in [0, 0.1) is 0 Å². The Bertz CT molecular complexity index is 611. The van der Waals surface area contributed by atoms with Crippen LogP contribution in [0.15, 0.2) is 36.7 Å². The quantitative estimate of drug-likeness (QED) is 0.878. The first-order valence-corrected chi connectivity index (χ1v) is 7.38. The minimum Gasteiger partial charge on any atom is -0.399 e. The number of hydrogen-bond donors (Lipinski definition) is 1. The summed E-state index contributed by atoms with van der Waals surface area (Å²) >= 11 is 0. The number of nitrogen functional groups attached to an aromatic ring is 1. The van der Waals surface area contributed by atoms with Gasteiger partial charge in [0.15, 0.2) is 0 Å². The molecule has 3 rings (SSSR count). The van der Waals surface area contributed by atoms with Gasteiger partial charge in [0.25, 0.3) is 0 Å². The lowest BCUT2D eigenvalue weighted by Gasteiger charge is -2.26. The lowest BCUT2D eigenvalue weighted by molar-refractivity contribution is -0.132. The maximum absolute atomic E-state index is 12.2. The van der Waals surface area contributed by atoms with E-state index in [4.69, 9.17) is 5.73 Å². The highest BCUT2D eigenvalue weighted by Crippen LogP contribution is 2.19. The van der Waals surface area contributed by atoms with Gasteiger partial charge in [-0.2, -0.15) is 5.10 Å². The number of likely N-dealkylation sites (tertiary alicyclic amines) is 1. The largest absolute Gasteiger partial charge is 0.399 e. The Hall–Kier alpha value is -2.30. The van der Waals surface area contributed by atoms with Crippen molar-refractivity contribution in [2.45, 2.75) is 25.8 Å². The smallest absolute Gasteiger partial charge is 0.244 e. The molecule has 5 heteroatoms. The molecule has 2 aromatic rings. The molecule has 0 unspecified atom stereocenters. The second-order valence-electron chi connectivity index (χ2n) is 5.49. The number of carbonyl (C=O) groups is 1. The van der Waals surface area contributed by atoms with Crippen molar-refractivity contribution in [1.29, 1.82) is 0 Å². The van der Waals surface area contributed by atoms with Crippen molar-refractivity contribution < 1.29 is 4.79 Å². The second kappa shape index (κ2) is 5.99. The van der Waals surface area contributed by atoms with E-state index in [9.17, 15) is 4.79 Å². The van der Waals surface area contributed by atoms with Crippen LogP contribution < -0.4 is 5.73 Å². The molecular formula is C16H20N4O. The number of hydrogen-bond acceptors (Lipinski definition) is 3. The number of amides is 1. The molecule has 1 aliphatic heterocycles. The SMILES string of the molecule is Nc1ccc(-c2cnn(CC(=O)N3CCCCC3)c2)cc1. The Kier molecular flexibility index (Phi) is 3.90. The number of nitrogens with two attached hydrogens (primary N) is 1. The summed E-state index contributed by atoms with van der Waals surface area (Å²) < 4.78 is 1.71. The molecule has 1 aromatic heterocycles. The molecule has 0 spiro atoms. The molecule has 0 bridgehead atoms. The number of anilines is 1. The van der Waals surface area contributed by atoms with Gasteiger partial charge in [0.05, 0.1) is 6.20 Å². The van der Waals surface area contributed by atoms with Crippen LogP contribution in [0.3, 0.4) is 0 Å². The Morgan fingerprint density at radius 2 is 1.81 bits per heavy atom. The second-order valence-corrected chi connectivity index (χ2v) is 5.49. The van der Waals surface area contributed by atoms with Crippen molar-refractivity contribution in [3.05, 3.63) is 36.7 Å². The summed E-state index contributed by atoms with van der Waals surface area (Å²) in [5.74, 6) is 0.154. The van der Waals surface area contributed by atoms with Gasteiger partial charge < -0.3 is 10.6 Å². The number of nitrogens with zero attached hydrogens (tertiary/aromatic N) is 3. The van der Waals surface area contributed by atoms with Crippen molar-refractivity contribution in [2.24, 2.45) is 0 Å². The Balaban J connectivity index is 1.67. The number of benzene rings is 1. The molecule has 1 fully saturated rings. The average Bonchev–Trinajstić information content (AvgIpc) is 2.97. The lowest BCUT2D eigenvalue weighted by atomic mass is 10.1. The Labute approximate surface area is 124 Å². The van der Waals surface area contributed by atoms with Crippen molar-refractivity contribution in [1.82, 2.24) is 14.7 Å². The lowest BCUT2D eigenvalue weighted by Crippen LogP contribution is -2.37. The number of carbonyl (C=O) groups excluding carboxylic acids is 1. The Morgan fingerprint density at radius 1 is 1.10 bits per heavy atom. The Morgan fingerprint density at radius 3 is 2.52 bits per heavy atom. The van der Waals surface area contributed by atoms with E-state index in [1.165, 1.54) is 6.42 Å². The highest BCUT2D eigenvalue weighted by molar-refractivity contribution is 5.76. The average molecular weight is 284 g/mol. The summed E-state index contributed by atoms with van der Waals surface area (Å²) in [5, 5.41) is 4.29. The predicted molar refractivity (Wildman–Crippen MR) is 82.5 cm³/mol. The van der Waals surface area contributed by atoms with Crippen LogP contribution in [-0.2, 0) is 11.3 Å². The molecule has 5 nitrogen and oxygen atoms in total. The minimum atomic E-state index is 0.154. The van der Waals surface area contributed by atoms with Crippen LogP contribution in [0.5, 0.6) is 0 Å². The molecule has 0 radical (unpaired) electrons. The topological polar surface area (TPSA) is 64.1 Å². The van der Waals surface area contributed by atoms with Gasteiger partial charge in [0, 0.05) is 30.5 Å². The van der Waals surface area contributed by atoms with Gasteiger partial charge in [0.2, 0.25) is 5.91 Å². The first-order chi connectivity index (χ1) is 10.2. The summed E-state index contributed by atoms with van der Waals surface area (Å²) in [4.78, 5) is 14.1. The molecule has 1 amide bonds.